The highest BCUT2D eigenvalue weighted by atomic mass is 35.5. The van der Waals surface area contributed by atoms with E-state index in [2.05, 4.69) is 0 Å². The number of carbonyl (C=O) groups is 1. The molecule has 102 valence electrons. The van der Waals surface area contributed by atoms with E-state index in [1.165, 1.54) is 32.1 Å². The highest BCUT2D eigenvalue weighted by Gasteiger charge is 2.24. The second-order valence-electron chi connectivity index (χ2n) is 5.67. The molecule has 1 heterocycles. The molecule has 0 amide bonds. The number of Topliss-reactive ketones (excluding diaryl/α,β-unsaturated/α-hetero) is 1. The maximum atomic E-state index is 12.5. The molecule has 1 aromatic carbocycles. The highest BCUT2D eigenvalue weighted by molar-refractivity contribution is 6.31. The minimum absolute atomic E-state index is 0.201. The lowest BCUT2D eigenvalue weighted by molar-refractivity contribution is 0.0947. The Bertz CT molecular complexity index is 490. The fourth-order valence-electron chi connectivity index (χ4n) is 3.24. The molecule has 0 atom stereocenters. The average molecular weight is 279 g/mol. The van der Waals surface area contributed by atoms with E-state index in [1.54, 1.807) is 6.07 Å². The van der Waals surface area contributed by atoms with Crippen LogP contribution in [0, 0.1) is 5.92 Å². The quantitative estimate of drug-likeness (QED) is 0.765. The van der Waals surface area contributed by atoms with Gasteiger partial charge in [0.15, 0.2) is 5.78 Å². The van der Waals surface area contributed by atoms with Crippen LogP contribution in [-0.2, 0) is 6.42 Å². The van der Waals surface area contributed by atoms with E-state index < -0.39 is 0 Å². The summed E-state index contributed by atoms with van der Waals surface area (Å²) >= 11 is 6.11. The highest BCUT2D eigenvalue weighted by Crippen LogP contribution is 2.35. The number of benzene rings is 1. The van der Waals surface area contributed by atoms with E-state index in [0.29, 0.717) is 29.5 Å². The molecule has 1 fully saturated rings. The number of halogens is 1. The van der Waals surface area contributed by atoms with Gasteiger partial charge in [-0.15, -0.1) is 0 Å². The smallest absolute Gasteiger partial charge is 0.166 e. The third-order valence-corrected chi connectivity index (χ3v) is 4.47. The van der Waals surface area contributed by atoms with Gasteiger partial charge in [-0.3, -0.25) is 4.79 Å². The molecule has 1 saturated carbocycles. The van der Waals surface area contributed by atoms with Crippen molar-refractivity contribution >= 4 is 17.4 Å². The van der Waals surface area contributed by atoms with Gasteiger partial charge in [-0.25, -0.2) is 0 Å². The van der Waals surface area contributed by atoms with E-state index in [1.807, 2.05) is 6.07 Å². The maximum absolute atomic E-state index is 12.5. The van der Waals surface area contributed by atoms with Crippen LogP contribution in [0.5, 0.6) is 5.75 Å². The molecule has 2 aliphatic rings. The van der Waals surface area contributed by atoms with Gasteiger partial charge in [-0.1, -0.05) is 43.7 Å². The Kier molecular flexibility index (Phi) is 3.79. The van der Waals surface area contributed by atoms with Gasteiger partial charge in [0.05, 0.1) is 12.2 Å². The Morgan fingerprint density at radius 2 is 2.05 bits per heavy atom. The minimum atomic E-state index is 0.201. The Morgan fingerprint density at radius 1 is 1.26 bits per heavy atom. The number of rotatable bonds is 3. The van der Waals surface area contributed by atoms with E-state index >= 15 is 0 Å². The Hall–Kier alpha value is -1.02. The van der Waals surface area contributed by atoms with Crippen molar-refractivity contribution in [2.75, 3.05) is 6.61 Å². The first-order chi connectivity index (χ1) is 9.24. The van der Waals surface area contributed by atoms with E-state index in [9.17, 15) is 4.79 Å². The topological polar surface area (TPSA) is 26.3 Å². The summed E-state index contributed by atoms with van der Waals surface area (Å²) in [4.78, 5) is 12.5. The van der Waals surface area contributed by atoms with Gasteiger partial charge in [0, 0.05) is 17.9 Å². The SMILES string of the molecule is O=C(CC1CCCCC1)c1cc(Cl)cc2c1OCC2. The van der Waals surface area contributed by atoms with Crippen LogP contribution in [0.4, 0.5) is 0 Å². The lowest BCUT2D eigenvalue weighted by Crippen LogP contribution is -2.13. The van der Waals surface area contributed by atoms with E-state index in [-0.39, 0.29) is 5.78 Å². The molecule has 3 rings (SSSR count). The number of carbonyl (C=O) groups excluding carboxylic acids is 1. The number of ether oxygens (including phenoxy) is 1. The summed E-state index contributed by atoms with van der Waals surface area (Å²) in [5.74, 6) is 1.54. The number of ketones is 1. The van der Waals surface area contributed by atoms with Crippen molar-refractivity contribution in [3.8, 4) is 5.75 Å². The molecule has 1 aliphatic heterocycles. The van der Waals surface area contributed by atoms with Gasteiger partial charge in [-0.05, 0) is 23.6 Å². The van der Waals surface area contributed by atoms with Crippen molar-refractivity contribution < 1.29 is 9.53 Å². The first-order valence-corrected chi connectivity index (χ1v) is 7.60. The Morgan fingerprint density at radius 3 is 2.84 bits per heavy atom. The van der Waals surface area contributed by atoms with Crippen LogP contribution in [0.3, 0.4) is 0 Å². The molecule has 0 aromatic heterocycles. The lowest BCUT2D eigenvalue weighted by Gasteiger charge is -2.21. The third-order valence-electron chi connectivity index (χ3n) is 4.25. The fourth-order valence-corrected chi connectivity index (χ4v) is 3.48. The van der Waals surface area contributed by atoms with Crippen LogP contribution in [0.1, 0.15) is 54.4 Å². The molecule has 0 radical (unpaired) electrons. The van der Waals surface area contributed by atoms with Gasteiger partial charge in [0.1, 0.15) is 5.75 Å². The minimum Gasteiger partial charge on any atom is -0.492 e. The first-order valence-electron chi connectivity index (χ1n) is 7.22. The second kappa shape index (κ2) is 5.54. The van der Waals surface area contributed by atoms with Crippen LogP contribution in [0.2, 0.25) is 5.02 Å². The van der Waals surface area contributed by atoms with E-state index in [0.717, 1.165) is 17.7 Å². The zero-order valence-corrected chi connectivity index (χ0v) is 11.8. The monoisotopic (exact) mass is 278 g/mol. The van der Waals surface area contributed by atoms with Crippen molar-refractivity contribution in [2.24, 2.45) is 5.92 Å². The van der Waals surface area contributed by atoms with Gasteiger partial charge >= 0.3 is 0 Å². The molecule has 0 N–H and O–H groups in total. The van der Waals surface area contributed by atoms with Crippen LogP contribution in [0.15, 0.2) is 12.1 Å². The molecule has 0 bridgehead atoms. The average Bonchev–Trinajstić information content (AvgIpc) is 2.86. The Labute approximate surface area is 119 Å². The molecule has 19 heavy (non-hydrogen) atoms. The maximum Gasteiger partial charge on any atom is 0.166 e. The van der Waals surface area contributed by atoms with Gasteiger partial charge in [-0.2, -0.15) is 0 Å². The standard InChI is InChI=1S/C16H19ClO2/c17-13-9-12-6-7-19-16(12)14(10-13)15(18)8-11-4-2-1-3-5-11/h9-11H,1-8H2. The fraction of sp³-hybridized carbons (Fsp3) is 0.562. The van der Waals surface area contributed by atoms with Gasteiger partial charge in [0.25, 0.3) is 0 Å². The molecule has 0 spiro atoms. The zero-order chi connectivity index (χ0) is 13.2. The van der Waals surface area contributed by atoms with Crippen LogP contribution in [-0.4, -0.2) is 12.4 Å². The van der Waals surface area contributed by atoms with Crippen LogP contribution < -0.4 is 4.74 Å². The number of hydrogen-bond donors (Lipinski definition) is 0. The van der Waals surface area contributed by atoms with Crippen molar-refractivity contribution in [3.63, 3.8) is 0 Å². The molecular formula is C16H19ClO2. The van der Waals surface area contributed by atoms with Gasteiger partial charge < -0.3 is 4.74 Å². The third kappa shape index (κ3) is 2.79. The number of fused-ring (bicyclic) bond motifs is 1. The molecule has 0 unspecified atom stereocenters. The summed E-state index contributed by atoms with van der Waals surface area (Å²) in [6.07, 6.45) is 7.74. The summed E-state index contributed by atoms with van der Waals surface area (Å²) in [6.45, 7) is 0.666. The normalized spacial score (nSPS) is 19.0. The molecule has 0 saturated heterocycles. The van der Waals surface area contributed by atoms with Crippen molar-refractivity contribution in [3.05, 3.63) is 28.3 Å². The molecule has 1 aromatic rings. The molecule has 1 aliphatic carbocycles. The zero-order valence-electron chi connectivity index (χ0n) is 11.1. The molecule has 2 nitrogen and oxygen atoms in total. The Balaban J connectivity index is 1.79. The summed E-state index contributed by atoms with van der Waals surface area (Å²) < 4.78 is 5.62. The number of hydrogen-bond acceptors (Lipinski definition) is 2. The lowest BCUT2D eigenvalue weighted by atomic mass is 9.84. The van der Waals surface area contributed by atoms with Crippen LogP contribution >= 0.6 is 11.6 Å². The second-order valence-corrected chi connectivity index (χ2v) is 6.11. The predicted octanol–water partition coefficient (Wildman–Crippen LogP) is 4.43. The summed E-state index contributed by atoms with van der Waals surface area (Å²) in [6, 6.07) is 3.69. The summed E-state index contributed by atoms with van der Waals surface area (Å²) in [5.41, 5.74) is 1.78. The van der Waals surface area contributed by atoms with Crippen molar-refractivity contribution in [2.45, 2.75) is 44.9 Å². The molecule has 3 heteroatoms. The molecular weight excluding hydrogens is 260 g/mol. The summed E-state index contributed by atoms with van der Waals surface area (Å²) in [5, 5.41) is 0.649. The predicted molar refractivity (Wildman–Crippen MR) is 76.2 cm³/mol. The largest absolute Gasteiger partial charge is 0.492 e. The van der Waals surface area contributed by atoms with Crippen molar-refractivity contribution in [1.29, 1.82) is 0 Å². The van der Waals surface area contributed by atoms with Crippen molar-refractivity contribution in [1.82, 2.24) is 0 Å². The first kappa shape index (κ1) is 13.0. The summed E-state index contributed by atoms with van der Waals surface area (Å²) in [7, 11) is 0. The van der Waals surface area contributed by atoms with Crippen LogP contribution in [0.25, 0.3) is 0 Å². The van der Waals surface area contributed by atoms with Gasteiger partial charge in [0.2, 0.25) is 0 Å². The van der Waals surface area contributed by atoms with E-state index in [4.69, 9.17) is 16.3 Å².